The van der Waals surface area contributed by atoms with Crippen LogP contribution in [-0.4, -0.2) is 65.9 Å². The van der Waals surface area contributed by atoms with E-state index >= 15 is 0 Å². The number of hydrogen-bond acceptors (Lipinski definition) is 4. The van der Waals surface area contributed by atoms with Gasteiger partial charge in [0.2, 0.25) is 5.91 Å². The Labute approximate surface area is 187 Å². The van der Waals surface area contributed by atoms with Crippen molar-refractivity contribution >= 4 is 34.8 Å². The Morgan fingerprint density at radius 2 is 1.91 bits per heavy atom. The lowest BCUT2D eigenvalue weighted by Gasteiger charge is -2.33. The van der Waals surface area contributed by atoms with E-state index in [-0.39, 0.29) is 11.8 Å². The molecular weight excluding hydrogens is 409 g/mol. The van der Waals surface area contributed by atoms with Crippen molar-refractivity contribution < 1.29 is 14.0 Å². The first-order valence-electron chi connectivity index (χ1n) is 11.1. The number of benzene rings is 1. The number of likely N-dealkylation sites (N-methyl/N-ethyl adjacent to an activating group) is 1. The highest BCUT2D eigenvalue weighted by molar-refractivity contribution is 6.34. The zero-order valence-corrected chi connectivity index (χ0v) is 18.8. The second kappa shape index (κ2) is 9.26. The molecule has 0 unspecified atom stereocenters. The second-order valence-electron chi connectivity index (χ2n) is 8.44. The molecule has 4 rings (SSSR count). The van der Waals surface area contributed by atoms with E-state index in [1.807, 2.05) is 13.8 Å². The molecule has 2 aliphatic rings. The number of aromatic amines is 1. The number of amides is 2. The quantitative estimate of drug-likeness (QED) is 0.604. The second-order valence-corrected chi connectivity index (χ2v) is 8.44. The Bertz CT molecular complexity index is 1070. The Kier molecular flexibility index (Phi) is 6.43. The number of nitrogens with one attached hydrogen (secondary N) is 3. The molecule has 0 spiro atoms. The summed E-state index contributed by atoms with van der Waals surface area (Å²) in [7, 11) is 0. The third kappa shape index (κ3) is 4.61. The summed E-state index contributed by atoms with van der Waals surface area (Å²) in [5.41, 5.74) is 4.64. The number of fused-ring (bicyclic) bond motifs is 1. The van der Waals surface area contributed by atoms with Crippen LogP contribution < -0.4 is 10.6 Å². The maximum atomic E-state index is 13.7. The fraction of sp³-hybridized carbons (Fsp3) is 0.417. The fourth-order valence-electron chi connectivity index (χ4n) is 4.34. The van der Waals surface area contributed by atoms with Crippen molar-refractivity contribution in [1.29, 1.82) is 0 Å². The summed E-state index contributed by atoms with van der Waals surface area (Å²) in [6, 6.07) is 4.24. The number of anilines is 2. The molecule has 0 radical (unpaired) electrons. The van der Waals surface area contributed by atoms with E-state index in [0.29, 0.717) is 23.2 Å². The average Bonchev–Trinajstić information content (AvgIpc) is 3.23. The van der Waals surface area contributed by atoms with Crippen LogP contribution in [0.25, 0.3) is 11.6 Å². The van der Waals surface area contributed by atoms with Crippen LogP contribution in [0, 0.1) is 19.7 Å². The summed E-state index contributed by atoms with van der Waals surface area (Å²) in [6.07, 6.45) is 2.15. The maximum absolute atomic E-state index is 13.7. The molecule has 0 saturated carbocycles. The van der Waals surface area contributed by atoms with Gasteiger partial charge in [0, 0.05) is 61.8 Å². The Morgan fingerprint density at radius 3 is 2.62 bits per heavy atom. The summed E-state index contributed by atoms with van der Waals surface area (Å²) < 4.78 is 13.7. The molecule has 2 amide bonds. The van der Waals surface area contributed by atoms with E-state index in [4.69, 9.17) is 0 Å². The lowest BCUT2D eigenvalue weighted by Crippen LogP contribution is -2.46. The molecule has 1 aromatic heterocycles. The van der Waals surface area contributed by atoms with Crippen LogP contribution in [0.2, 0.25) is 0 Å². The SMILES string of the molecule is CCN1CCN(CCC(=O)Nc2c(C)[nH]c(/C=C3\C(=O)Nc4ccc(F)cc43)c2C)CC1. The van der Waals surface area contributed by atoms with Gasteiger partial charge in [-0.05, 0) is 50.2 Å². The average molecular weight is 440 g/mol. The first kappa shape index (κ1) is 22.2. The maximum Gasteiger partial charge on any atom is 0.256 e. The number of carbonyl (C=O) groups excluding carboxylic acids is 2. The lowest BCUT2D eigenvalue weighted by atomic mass is 10.0. The predicted molar refractivity (Wildman–Crippen MR) is 125 cm³/mol. The molecule has 32 heavy (non-hydrogen) atoms. The van der Waals surface area contributed by atoms with Gasteiger partial charge in [0.1, 0.15) is 5.82 Å². The van der Waals surface area contributed by atoms with Gasteiger partial charge in [0.05, 0.1) is 11.3 Å². The highest BCUT2D eigenvalue weighted by Gasteiger charge is 2.25. The minimum atomic E-state index is -0.394. The van der Waals surface area contributed by atoms with Gasteiger partial charge in [-0.2, -0.15) is 0 Å². The number of hydrogen-bond donors (Lipinski definition) is 3. The Morgan fingerprint density at radius 1 is 1.19 bits per heavy atom. The topological polar surface area (TPSA) is 80.5 Å². The van der Waals surface area contributed by atoms with Gasteiger partial charge in [-0.1, -0.05) is 6.92 Å². The van der Waals surface area contributed by atoms with Crippen LogP contribution in [0.5, 0.6) is 0 Å². The summed E-state index contributed by atoms with van der Waals surface area (Å²) >= 11 is 0. The molecule has 0 bridgehead atoms. The molecule has 1 fully saturated rings. The number of rotatable bonds is 6. The summed E-state index contributed by atoms with van der Waals surface area (Å²) in [5, 5.41) is 5.78. The number of carbonyl (C=O) groups is 2. The van der Waals surface area contributed by atoms with Gasteiger partial charge in [-0.3, -0.25) is 9.59 Å². The molecule has 1 aromatic carbocycles. The van der Waals surface area contributed by atoms with Crippen LogP contribution in [0.15, 0.2) is 18.2 Å². The van der Waals surface area contributed by atoms with Crippen molar-refractivity contribution in [1.82, 2.24) is 14.8 Å². The van der Waals surface area contributed by atoms with Crippen LogP contribution in [-0.2, 0) is 9.59 Å². The molecule has 0 aliphatic carbocycles. The fourth-order valence-corrected chi connectivity index (χ4v) is 4.34. The van der Waals surface area contributed by atoms with Crippen molar-refractivity contribution in [3.05, 3.63) is 46.5 Å². The Hall–Kier alpha value is -2.97. The summed E-state index contributed by atoms with van der Waals surface area (Å²) in [4.78, 5) is 33.0. The summed E-state index contributed by atoms with van der Waals surface area (Å²) in [5.74, 6) is -0.695. The van der Waals surface area contributed by atoms with E-state index in [1.165, 1.54) is 12.1 Å². The third-order valence-electron chi connectivity index (χ3n) is 6.36. The van der Waals surface area contributed by atoms with E-state index in [1.54, 1.807) is 12.1 Å². The van der Waals surface area contributed by atoms with E-state index in [0.717, 1.165) is 61.9 Å². The molecule has 2 aliphatic heterocycles. The van der Waals surface area contributed by atoms with Crippen LogP contribution in [0.3, 0.4) is 0 Å². The summed E-state index contributed by atoms with van der Waals surface area (Å²) in [6.45, 7) is 11.8. The molecule has 1 saturated heterocycles. The molecule has 170 valence electrons. The molecule has 0 atom stereocenters. The van der Waals surface area contributed by atoms with Crippen LogP contribution in [0.4, 0.5) is 15.8 Å². The molecular formula is C24H30FN5O2. The monoisotopic (exact) mass is 439 g/mol. The molecule has 3 heterocycles. The number of aromatic nitrogens is 1. The molecule has 3 N–H and O–H groups in total. The van der Waals surface area contributed by atoms with Gasteiger partial charge in [-0.25, -0.2) is 4.39 Å². The number of piperazine rings is 1. The van der Waals surface area contributed by atoms with E-state index < -0.39 is 5.82 Å². The smallest absolute Gasteiger partial charge is 0.256 e. The van der Waals surface area contributed by atoms with E-state index in [2.05, 4.69) is 32.3 Å². The van der Waals surface area contributed by atoms with Crippen molar-refractivity contribution in [3.8, 4) is 0 Å². The zero-order valence-electron chi connectivity index (χ0n) is 18.8. The van der Waals surface area contributed by atoms with Crippen LogP contribution >= 0.6 is 0 Å². The van der Waals surface area contributed by atoms with Gasteiger partial charge in [-0.15, -0.1) is 0 Å². The number of halogens is 1. The number of nitrogens with zero attached hydrogens (tertiary/aromatic N) is 2. The van der Waals surface area contributed by atoms with Crippen molar-refractivity contribution in [2.75, 3.05) is 49.9 Å². The van der Waals surface area contributed by atoms with E-state index in [9.17, 15) is 14.0 Å². The van der Waals surface area contributed by atoms with Gasteiger partial charge >= 0.3 is 0 Å². The first-order valence-corrected chi connectivity index (χ1v) is 11.1. The zero-order chi connectivity index (χ0) is 22.8. The molecule has 8 heteroatoms. The minimum Gasteiger partial charge on any atom is -0.357 e. The van der Waals surface area contributed by atoms with Crippen LogP contribution in [0.1, 0.15) is 35.9 Å². The molecule has 2 aromatic rings. The highest BCUT2D eigenvalue weighted by Crippen LogP contribution is 2.35. The largest absolute Gasteiger partial charge is 0.357 e. The molecule has 7 nitrogen and oxygen atoms in total. The standard InChI is InChI=1S/C24H30FN5O2/c1-4-29-9-11-30(12-10-29)8-7-22(31)28-23-15(2)21(26-16(23)3)14-19-18-13-17(25)5-6-20(18)27-24(19)32/h5-6,13-14,26H,4,7-12H2,1-3H3,(H,27,32)(H,28,31)/b19-14-. The minimum absolute atomic E-state index is 0.0293. The van der Waals surface area contributed by atoms with Gasteiger partial charge in [0.25, 0.3) is 5.91 Å². The Balaban J connectivity index is 1.44. The lowest BCUT2D eigenvalue weighted by molar-refractivity contribution is -0.116. The third-order valence-corrected chi connectivity index (χ3v) is 6.36. The normalized spacial score (nSPS) is 18.1. The van der Waals surface area contributed by atoms with Gasteiger partial charge < -0.3 is 25.4 Å². The highest BCUT2D eigenvalue weighted by atomic mass is 19.1. The van der Waals surface area contributed by atoms with Gasteiger partial charge in [0.15, 0.2) is 0 Å². The van der Waals surface area contributed by atoms with Crippen molar-refractivity contribution in [3.63, 3.8) is 0 Å². The first-order chi connectivity index (χ1) is 15.4. The number of H-pyrrole nitrogens is 1. The number of aryl methyl sites for hydroxylation is 1. The predicted octanol–water partition coefficient (Wildman–Crippen LogP) is 3.23. The van der Waals surface area contributed by atoms with Crippen molar-refractivity contribution in [2.45, 2.75) is 27.2 Å². The van der Waals surface area contributed by atoms with Crippen molar-refractivity contribution in [2.24, 2.45) is 0 Å².